The van der Waals surface area contributed by atoms with Crippen LogP contribution in [0.4, 0.5) is 5.82 Å². The number of pyridine rings is 1. The van der Waals surface area contributed by atoms with E-state index in [1.165, 1.54) is 0 Å². The number of hydrogen-bond acceptors (Lipinski definition) is 4. The first-order valence-electron chi connectivity index (χ1n) is 5.57. The van der Waals surface area contributed by atoms with Gasteiger partial charge in [0.2, 0.25) is 5.91 Å². The third-order valence-corrected chi connectivity index (χ3v) is 3.10. The molecular weight excluding hydrogens is 216 g/mol. The highest BCUT2D eigenvalue weighted by atomic mass is 16.1. The largest absolute Gasteiger partial charge is 0.368 e. The number of carbonyl (C=O) groups is 1. The summed E-state index contributed by atoms with van der Waals surface area (Å²) in [6.45, 7) is 2.58. The summed E-state index contributed by atoms with van der Waals surface area (Å²) in [5, 5.41) is 9.15. The number of hydrogen-bond donors (Lipinski definition) is 1. The lowest BCUT2D eigenvalue weighted by molar-refractivity contribution is -0.119. The summed E-state index contributed by atoms with van der Waals surface area (Å²) < 4.78 is 0. The number of nitrogens with zero attached hydrogens (tertiary/aromatic N) is 3. The lowest BCUT2D eigenvalue weighted by Gasteiger charge is -2.24. The number of aromatic nitrogens is 1. The molecule has 5 heteroatoms. The highest BCUT2D eigenvalue weighted by Gasteiger charge is 2.31. The molecule has 2 N–H and O–H groups in total. The van der Waals surface area contributed by atoms with E-state index in [1.807, 2.05) is 11.8 Å². The third-order valence-electron chi connectivity index (χ3n) is 3.10. The minimum atomic E-state index is -0.352. The van der Waals surface area contributed by atoms with E-state index in [-0.39, 0.29) is 11.9 Å². The number of rotatable bonds is 2. The fourth-order valence-corrected chi connectivity index (χ4v) is 2.22. The molecule has 1 saturated heterocycles. The van der Waals surface area contributed by atoms with Gasteiger partial charge in [-0.1, -0.05) is 0 Å². The first-order chi connectivity index (χ1) is 8.15. The topological polar surface area (TPSA) is 83.0 Å². The van der Waals surface area contributed by atoms with Crippen LogP contribution in [0.2, 0.25) is 0 Å². The Balaban J connectivity index is 2.44. The fraction of sp³-hybridized carbons (Fsp3) is 0.417. The van der Waals surface area contributed by atoms with Crippen LogP contribution in [0.25, 0.3) is 0 Å². The minimum absolute atomic E-state index is 0.337. The molecular formula is C12H14N4O. The lowest BCUT2D eigenvalue weighted by Crippen LogP contribution is -2.41. The number of aryl methyl sites for hydroxylation is 1. The maximum atomic E-state index is 11.3. The Kier molecular flexibility index (Phi) is 2.96. The van der Waals surface area contributed by atoms with Crippen LogP contribution in [0.3, 0.4) is 0 Å². The Bertz CT molecular complexity index is 492. The quantitative estimate of drug-likeness (QED) is 0.811. The van der Waals surface area contributed by atoms with Gasteiger partial charge >= 0.3 is 0 Å². The van der Waals surface area contributed by atoms with Gasteiger partial charge in [-0.2, -0.15) is 5.26 Å². The zero-order chi connectivity index (χ0) is 12.4. The summed E-state index contributed by atoms with van der Waals surface area (Å²) in [4.78, 5) is 17.4. The van der Waals surface area contributed by atoms with Crippen molar-refractivity contribution in [2.75, 3.05) is 11.4 Å². The molecule has 88 valence electrons. The molecule has 1 aliphatic heterocycles. The minimum Gasteiger partial charge on any atom is -0.368 e. The molecule has 1 aromatic heterocycles. The standard InChI is InChI=1S/C12H14N4O/c1-8-4-5-15-12(9(8)7-13)16-6-2-3-10(16)11(14)17/h4-5,10H,2-3,6H2,1H3,(H2,14,17). The van der Waals surface area contributed by atoms with Gasteiger partial charge in [-0.15, -0.1) is 0 Å². The van der Waals surface area contributed by atoms with Crippen molar-refractivity contribution in [2.24, 2.45) is 5.73 Å². The van der Waals surface area contributed by atoms with Gasteiger partial charge in [-0.3, -0.25) is 4.79 Å². The molecule has 1 aliphatic rings. The second-order valence-electron chi connectivity index (χ2n) is 4.19. The second kappa shape index (κ2) is 4.42. The van der Waals surface area contributed by atoms with Crippen molar-refractivity contribution in [3.05, 3.63) is 23.4 Å². The molecule has 1 fully saturated rings. The summed E-state index contributed by atoms with van der Waals surface area (Å²) >= 11 is 0. The van der Waals surface area contributed by atoms with Crippen LogP contribution in [0.1, 0.15) is 24.0 Å². The number of anilines is 1. The molecule has 0 aliphatic carbocycles. The van der Waals surface area contributed by atoms with Crippen LogP contribution in [-0.4, -0.2) is 23.5 Å². The van der Waals surface area contributed by atoms with Crippen LogP contribution in [-0.2, 0) is 4.79 Å². The summed E-state index contributed by atoms with van der Waals surface area (Å²) in [6.07, 6.45) is 3.28. The highest BCUT2D eigenvalue weighted by molar-refractivity contribution is 5.84. The Morgan fingerprint density at radius 3 is 3.12 bits per heavy atom. The molecule has 1 unspecified atom stereocenters. The van der Waals surface area contributed by atoms with Crippen LogP contribution >= 0.6 is 0 Å². The van der Waals surface area contributed by atoms with Crippen LogP contribution in [0, 0.1) is 18.3 Å². The highest BCUT2D eigenvalue weighted by Crippen LogP contribution is 2.27. The predicted molar refractivity (Wildman–Crippen MR) is 63.3 cm³/mol. The van der Waals surface area contributed by atoms with Gasteiger partial charge in [-0.25, -0.2) is 4.98 Å². The van der Waals surface area contributed by atoms with Crippen molar-refractivity contribution in [3.63, 3.8) is 0 Å². The van der Waals surface area contributed by atoms with Crippen molar-refractivity contribution in [3.8, 4) is 6.07 Å². The van der Waals surface area contributed by atoms with E-state index in [0.29, 0.717) is 11.4 Å². The zero-order valence-corrected chi connectivity index (χ0v) is 9.68. The maximum Gasteiger partial charge on any atom is 0.240 e. The second-order valence-corrected chi connectivity index (χ2v) is 4.19. The van der Waals surface area contributed by atoms with Gasteiger partial charge in [0.1, 0.15) is 17.9 Å². The predicted octanol–water partition coefficient (Wildman–Crippen LogP) is 0.716. The first-order valence-corrected chi connectivity index (χ1v) is 5.57. The van der Waals surface area contributed by atoms with Gasteiger partial charge < -0.3 is 10.6 Å². The molecule has 17 heavy (non-hydrogen) atoms. The molecule has 1 amide bonds. The number of primary amides is 1. The third kappa shape index (κ3) is 1.94. The molecule has 0 radical (unpaired) electrons. The average molecular weight is 230 g/mol. The first kappa shape index (κ1) is 11.4. The van der Waals surface area contributed by atoms with Gasteiger partial charge in [0.15, 0.2) is 0 Å². The van der Waals surface area contributed by atoms with E-state index in [9.17, 15) is 4.79 Å². The molecule has 0 spiro atoms. The van der Waals surface area contributed by atoms with Crippen molar-refractivity contribution < 1.29 is 4.79 Å². The monoisotopic (exact) mass is 230 g/mol. The fourth-order valence-electron chi connectivity index (χ4n) is 2.22. The van der Waals surface area contributed by atoms with Crippen LogP contribution < -0.4 is 10.6 Å². The summed E-state index contributed by atoms with van der Waals surface area (Å²) in [5.41, 5.74) is 6.76. The Hall–Kier alpha value is -2.09. The van der Waals surface area contributed by atoms with Crippen molar-refractivity contribution in [1.29, 1.82) is 5.26 Å². The molecule has 2 heterocycles. The zero-order valence-electron chi connectivity index (χ0n) is 9.68. The van der Waals surface area contributed by atoms with E-state index >= 15 is 0 Å². The van der Waals surface area contributed by atoms with E-state index in [4.69, 9.17) is 11.0 Å². The number of nitrogens with two attached hydrogens (primary N) is 1. The number of amides is 1. The molecule has 0 bridgehead atoms. The Morgan fingerprint density at radius 2 is 2.47 bits per heavy atom. The summed E-state index contributed by atoms with van der Waals surface area (Å²) in [7, 11) is 0. The van der Waals surface area contributed by atoms with E-state index in [0.717, 1.165) is 24.9 Å². The summed E-state index contributed by atoms with van der Waals surface area (Å²) in [6, 6.07) is 3.60. The molecule has 1 aromatic rings. The smallest absolute Gasteiger partial charge is 0.240 e. The summed E-state index contributed by atoms with van der Waals surface area (Å²) in [5.74, 6) is 0.225. The molecule has 5 nitrogen and oxygen atoms in total. The normalized spacial score (nSPS) is 19.1. The van der Waals surface area contributed by atoms with E-state index in [2.05, 4.69) is 11.1 Å². The van der Waals surface area contributed by atoms with Crippen molar-refractivity contribution in [2.45, 2.75) is 25.8 Å². The van der Waals surface area contributed by atoms with Gasteiger partial charge in [0.25, 0.3) is 0 Å². The molecule has 2 rings (SSSR count). The average Bonchev–Trinajstić information content (AvgIpc) is 2.77. The Labute approximate surface area is 99.9 Å². The van der Waals surface area contributed by atoms with Gasteiger partial charge in [0, 0.05) is 12.7 Å². The van der Waals surface area contributed by atoms with Crippen molar-refractivity contribution >= 4 is 11.7 Å². The molecule has 0 aromatic carbocycles. The molecule has 0 saturated carbocycles. The van der Waals surface area contributed by atoms with Crippen LogP contribution in [0.15, 0.2) is 12.3 Å². The lowest BCUT2D eigenvalue weighted by atomic mass is 10.1. The number of nitriles is 1. The van der Waals surface area contributed by atoms with Gasteiger partial charge in [0.05, 0.1) is 5.56 Å². The molecule has 1 atom stereocenters. The SMILES string of the molecule is Cc1ccnc(N2CCCC2C(N)=O)c1C#N. The van der Waals surface area contributed by atoms with E-state index < -0.39 is 0 Å². The maximum absolute atomic E-state index is 11.3. The Morgan fingerprint density at radius 1 is 1.71 bits per heavy atom. The van der Waals surface area contributed by atoms with E-state index in [1.54, 1.807) is 12.3 Å². The van der Waals surface area contributed by atoms with Crippen LogP contribution in [0.5, 0.6) is 0 Å². The van der Waals surface area contributed by atoms with Gasteiger partial charge in [-0.05, 0) is 31.4 Å². The van der Waals surface area contributed by atoms with Crippen molar-refractivity contribution in [1.82, 2.24) is 4.98 Å². The number of carbonyl (C=O) groups excluding carboxylic acids is 1.